The van der Waals surface area contributed by atoms with E-state index in [1.165, 1.54) is 37.0 Å². The molecule has 3 rings (SSSR count). The number of methoxy groups -OCH3 is 1. The van der Waals surface area contributed by atoms with Crippen molar-refractivity contribution in [1.82, 2.24) is 0 Å². The van der Waals surface area contributed by atoms with Crippen molar-refractivity contribution in [1.29, 1.82) is 0 Å². The third kappa shape index (κ3) is 2.01. The van der Waals surface area contributed by atoms with Gasteiger partial charge < -0.3 is 4.74 Å². The minimum atomic E-state index is 0.286. The maximum Gasteiger partial charge on any atom is 0.176 e. The molecule has 0 aliphatic heterocycles. The fraction of sp³-hybridized carbons (Fsp3) is 0.643. The molecule has 0 spiro atoms. The highest BCUT2D eigenvalue weighted by molar-refractivity contribution is 7.12. The van der Waals surface area contributed by atoms with Crippen LogP contribution < -0.4 is 4.74 Å². The molecule has 17 heavy (non-hydrogen) atoms. The lowest BCUT2D eigenvalue weighted by atomic mass is 9.85. The van der Waals surface area contributed by atoms with E-state index in [1.807, 2.05) is 11.4 Å². The van der Waals surface area contributed by atoms with Crippen molar-refractivity contribution >= 4 is 17.1 Å². The maximum absolute atomic E-state index is 12.2. The number of ether oxygens (including phenoxy) is 1. The van der Waals surface area contributed by atoms with Crippen LogP contribution in [0.15, 0.2) is 11.4 Å². The Bertz CT molecular complexity index is 424. The van der Waals surface area contributed by atoms with Gasteiger partial charge in [-0.2, -0.15) is 0 Å². The van der Waals surface area contributed by atoms with Gasteiger partial charge in [0, 0.05) is 6.42 Å². The number of thiophene rings is 1. The molecule has 2 nitrogen and oxygen atoms in total. The van der Waals surface area contributed by atoms with Gasteiger partial charge in [-0.3, -0.25) is 4.79 Å². The third-order valence-corrected chi connectivity index (χ3v) is 5.37. The van der Waals surface area contributed by atoms with Crippen molar-refractivity contribution in [3.63, 3.8) is 0 Å². The first-order chi connectivity index (χ1) is 8.28. The Morgan fingerprint density at radius 2 is 2.35 bits per heavy atom. The van der Waals surface area contributed by atoms with Crippen LogP contribution in [0.2, 0.25) is 0 Å². The molecule has 0 amide bonds. The molecule has 2 aliphatic rings. The molecule has 3 atom stereocenters. The second kappa shape index (κ2) is 4.45. The minimum Gasteiger partial charge on any atom is -0.495 e. The van der Waals surface area contributed by atoms with Gasteiger partial charge in [0.2, 0.25) is 0 Å². The molecule has 2 aliphatic carbocycles. The van der Waals surface area contributed by atoms with Gasteiger partial charge in [-0.25, -0.2) is 0 Å². The zero-order chi connectivity index (χ0) is 11.8. The molecule has 3 unspecified atom stereocenters. The third-order valence-electron chi connectivity index (χ3n) is 4.43. The zero-order valence-corrected chi connectivity index (χ0v) is 11.0. The van der Waals surface area contributed by atoms with Crippen molar-refractivity contribution in [2.75, 3.05) is 7.11 Å². The van der Waals surface area contributed by atoms with E-state index in [9.17, 15) is 4.79 Å². The monoisotopic (exact) mass is 250 g/mol. The van der Waals surface area contributed by atoms with E-state index in [0.717, 1.165) is 28.9 Å². The molecule has 1 heterocycles. The van der Waals surface area contributed by atoms with Crippen molar-refractivity contribution in [3.8, 4) is 5.75 Å². The van der Waals surface area contributed by atoms with Gasteiger partial charge in [0.15, 0.2) is 5.78 Å². The largest absolute Gasteiger partial charge is 0.495 e. The Kier molecular flexibility index (Phi) is 2.95. The van der Waals surface area contributed by atoms with Crippen LogP contribution in [0.1, 0.15) is 41.8 Å². The summed E-state index contributed by atoms with van der Waals surface area (Å²) in [6, 6.07) is 1.89. The summed E-state index contributed by atoms with van der Waals surface area (Å²) in [5.41, 5.74) is 0. The first kappa shape index (κ1) is 11.3. The molecule has 92 valence electrons. The standard InChI is InChI=1S/C14H18O2S/c1-16-13-4-5-17-14(13)12(15)8-11-7-9-2-3-10(11)6-9/h4-5,9-11H,2-3,6-8H2,1H3. The average Bonchev–Trinajstić information content (AvgIpc) is 3.04. The number of fused-ring (bicyclic) bond motifs is 2. The molecule has 3 heteroatoms. The Morgan fingerprint density at radius 3 is 3.00 bits per heavy atom. The van der Waals surface area contributed by atoms with Crippen LogP contribution in [0.4, 0.5) is 0 Å². The molecular formula is C14H18O2S. The summed E-state index contributed by atoms with van der Waals surface area (Å²) in [6.45, 7) is 0. The Hall–Kier alpha value is -0.830. The Labute approximate surface area is 106 Å². The summed E-state index contributed by atoms with van der Waals surface area (Å²) < 4.78 is 5.22. The van der Waals surface area contributed by atoms with Crippen LogP contribution in [0.5, 0.6) is 5.75 Å². The predicted molar refractivity (Wildman–Crippen MR) is 68.8 cm³/mol. The highest BCUT2D eigenvalue weighted by Gasteiger charge is 2.40. The summed E-state index contributed by atoms with van der Waals surface area (Å²) in [6.07, 6.45) is 6.14. The number of Topliss-reactive ketones (excluding diaryl/α,β-unsaturated/α-hetero) is 1. The predicted octanol–water partition coefficient (Wildman–Crippen LogP) is 3.77. The number of carbonyl (C=O) groups excluding carboxylic acids is 1. The van der Waals surface area contributed by atoms with Crippen LogP contribution in [0, 0.1) is 17.8 Å². The number of hydrogen-bond donors (Lipinski definition) is 0. The number of ketones is 1. The lowest BCUT2D eigenvalue weighted by molar-refractivity contribution is 0.0945. The Balaban J connectivity index is 1.68. The van der Waals surface area contributed by atoms with Gasteiger partial charge in [-0.15, -0.1) is 11.3 Å². The first-order valence-electron chi connectivity index (χ1n) is 6.42. The first-order valence-corrected chi connectivity index (χ1v) is 7.30. The number of rotatable bonds is 4. The van der Waals surface area contributed by atoms with Gasteiger partial charge in [0.1, 0.15) is 10.6 Å². The SMILES string of the molecule is COc1ccsc1C(=O)CC1CC2CCC1C2. The van der Waals surface area contributed by atoms with Gasteiger partial charge in [-0.05, 0) is 48.5 Å². The van der Waals surface area contributed by atoms with Gasteiger partial charge >= 0.3 is 0 Å². The number of hydrogen-bond acceptors (Lipinski definition) is 3. The molecule has 0 saturated heterocycles. The van der Waals surface area contributed by atoms with E-state index in [0.29, 0.717) is 5.92 Å². The van der Waals surface area contributed by atoms with Gasteiger partial charge in [0.05, 0.1) is 7.11 Å². The molecule has 2 saturated carbocycles. The van der Waals surface area contributed by atoms with Crippen LogP contribution in [-0.4, -0.2) is 12.9 Å². The molecular weight excluding hydrogens is 232 g/mol. The van der Waals surface area contributed by atoms with Crippen molar-refractivity contribution < 1.29 is 9.53 Å². The van der Waals surface area contributed by atoms with Crippen LogP contribution in [-0.2, 0) is 0 Å². The molecule has 1 aromatic rings. The summed E-state index contributed by atoms with van der Waals surface area (Å²) in [7, 11) is 1.64. The van der Waals surface area contributed by atoms with Crippen molar-refractivity contribution in [2.45, 2.75) is 32.1 Å². The number of carbonyl (C=O) groups is 1. The summed E-state index contributed by atoms with van der Waals surface area (Å²) >= 11 is 1.51. The molecule has 0 N–H and O–H groups in total. The lowest BCUT2D eigenvalue weighted by Crippen LogP contribution is -2.15. The molecule has 2 bridgehead atoms. The normalized spacial score (nSPS) is 30.8. The fourth-order valence-electron chi connectivity index (χ4n) is 3.62. The van der Waals surface area contributed by atoms with Gasteiger partial charge in [0.25, 0.3) is 0 Å². The highest BCUT2D eigenvalue weighted by atomic mass is 32.1. The van der Waals surface area contributed by atoms with Crippen molar-refractivity contribution in [3.05, 3.63) is 16.3 Å². The van der Waals surface area contributed by atoms with Crippen LogP contribution in [0.3, 0.4) is 0 Å². The smallest absolute Gasteiger partial charge is 0.176 e. The van der Waals surface area contributed by atoms with Crippen molar-refractivity contribution in [2.24, 2.45) is 17.8 Å². The van der Waals surface area contributed by atoms with E-state index >= 15 is 0 Å². The van der Waals surface area contributed by atoms with E-state index in [4.69, 9.17) is 4.74 Å². The second-order valence-electron chi connectivity index (χ2n) is 5.38. The van der Waals surface area contributed by atoms with E-state index in [-0.39, 0.29) is 5.78 Å². The minimum absolute atomic E-state index is 0.286. The summed E-state index contributed by atoms with van der Waals surface area (Å²) in [5.74, 6) is 3.43. The van der Waals surface area contributed by atoms with Gasteiger partial charge in [-0.1, -0.05) is 6.42 Å². The topological polar surface area (TPSA) is 26.3 Å². The Morgan fingerprint density at radius 1 is 1.47 bits per heavy atom. The summed E-state index contributed by atoms with van der Waals surface area (Å²) in [5, 5.41) is 1.94. The van der Waals surface area contributed by atoms with E-state index < -0.39 is 0 Å². The molecule has 0 radical (unpaired) electrons. The van der Waals surface area contributed by atoms with E-state index in [1.54, 1.807) is 7.11 Å². The second-order valence-corrected chi connectivity index (χ2v) is 6.30. The maximum atomic E-state index is 12.2. The van der Waals surface area contributed by atoms with E-state index in [2.05, 4.69) is 0 Å². The average molecular weight is 250 g/mol. The van der Waals surface area contributed by atoms with Crippen LogP contribution in [0.25, 0.3) is 0 Å². The van der Waals surface area contributed by atoms with Crippen LogP contribution >= 0.6 is 11.3 Å². The quantitative estimate of drug-likeness (QED) is 0.760. The lowest BCUT2D eigenvalue weighted by Gasteiger charge is -2.20. The fourth-order valence-corrected chi connectivity index (χ4v) is 4.43. The summed E-state index contributed by atoms with van der Waals surface area (Å²) in [4.78, 5) is 13.1. The molecule has 0 aromatic carbocycles. The highest BCUT2D eigenvalue weighted by Crippen LogP contribution is 2.50. The zero-order valence-electron chi connectivity index (χ0n) is 10.1. The molecule has 2 fully saturated rings. The molecule has 1 aromatic heterocycles.